The standard InChI is InChI=1S/C25H26N4O5S/c1-25(2,3)20-10-17(19-12-28-24(31)29-23(19)30)21-18(22(20)34-4)9-16(11-27-21)15-7-5-14(6-8-15)13-35(26,32)33/h5-12H,13H2,1-4H3,(H2,26,32,33)(H2,28,29,30,31). The van der Waals surface area contributed by atoms with Crippen LogP contribution in [0.2, 0.25) is 0 Å². The minimum atomic E-state index is -3.63. The van der Waals surface area contributed by atoms with E-state index in [1.807, 2.05) is 32.9 Å². The topological polar surface area (TPSA) is 148 Å². The van der Waals surface area contributed by atoms with Crippen molar-refractivity contribution >= 4 is 20.9 Å². The smallest absolute Gasteiger partial charge is 0.325 e. The Morgan fingerprint density at radius 3 is 2.29 bits per heavy atom. The zero-order chi connectivity index (χ0) is 25.5. The van der Waals surface area contributed by atoms with Crippen molar-refractivity contribution in [2.45, 2.75) is 31.9 Å². The highest BCUT2D eigenvalue weighted by Crippen LogP contribution is 2.42. The molecule has 35 heavy (non-hydrogen) atoms. The summed E-state index contributed by atoms with van der Waals surface area (Å²) in [7, 11) is -2.04. The van der Waals surface area contributed by atoms with E-state index in [1.165, 1.54) is 6.20 Å². The van der Waals surface area contributed by atoms with Gasteiger partial charge in [-0.05, 0) is 28.7 Å². The van der Waals surface area contributed by atoms with E-state index in [4.69, 9.17) is 9.88 Å². The second kappa shape index (κ2) is 8.79. The van der Waals surface area contributed by atoms with Crippen molar-refractivity contribution in [3.05, 3.63) is 80.8 Å². The monoisotopic (exact) mass is 494 g/mol. The van der Waals surface area contributed by atoms with E-state index >= 15 is 0 Å². The highest BCUT2D eigenvalue weighted by atomic mass is 32.2. The van der Waals surface area contributed by atoms with Crippen molar-refractivity contribution in [1.29, 1.82) is 0 Å². The molecule has 0 spiro atoms. The second-order valence-electron chi connectivity index (χ2n) is 9.36. The van der Waals surface area contributed by atoms with Crippen molar-refractivity contribution in [2.75, 3.05) is 7.11 Å². The van der Waals surface area contributed by atoms with Gasteiger partial charge in [0.15, 0.2) is 0 Å². The first kappa shape index (κ1) is 24.4. The Balaban J connectivity index is 1.97. The van der Waals surface area contributed by atoms with Crippen LogP contribution in [0.3, 0.4) is 0 Å². The first-order valence-corrected chi connectivity index (χ1v) is 12.5. The third-order valence-corrected chi connectivity index (χ3v) is 6.43. The molecule has 0 aliphatic heterocycles. The van der Waals surface area contributed by atoms with Gasteiger partial charge in [-0.15, -0.1) is 0 Å². The Bertz CT molecular complexity index is 1650. The molecule has 2 aromatic heterocycles. The summed E-state index contributed by atoms with van der Waals surface area (Å²) in [6.45, 7) is 6.12. The molecule has 0 aliphatic rings. The van der Waals surface area contributed by atoms with Gasteiger partial charge >= 0.3 is 5.69 Å². The summed E-state index contributed by atoms with van der Waals surface area (Å²) in [5.41, 5.74) is 3.03. The molecule has 2 aromatic carbocycles. The predicted octanol–water partition coefficient (Wildman–Crippen LogP) is 3.04. The summed E-state index contributed by atoms with van der Waals surface area (Å²) in [5.74, 6) is 0.389. The number of nitrogens with one attached hydrogen (secondary N) is 2. The molecule has 9 nitrogen and oxygen atoms in total. The SMILES string of the molecule is COc1c(C(C)(C)C)cc(-c2c[nH]c(=O)[nH]c2=O)c2ncc(-c3ccc(CS(N)(=O)=O)cc3)cc12. The van der Waals surface area contributed by atoms with Gasteiger partial charge in [-0.2, -0.15) is 0 Å². The van der Waals surface area contributed by atoms with Crippen LogP contribution in [0.15, 0.2) is 58.4 Å². The number of fused-ring (bicyclic) bond motifs is 1. The van der Waals surface area contributed by atoms with Crippen LogP contribution in [0.25, 0.3) is 33.2 Å². The van der Waals surface area contributed by atoms with E-state index < -0.39 is 21.3 Å². The third kappa shape index (κ3) is 5.03. The number of hydrogen-bond donors (Lipinski definition) is 3. The molecule has 0 radical (unpaired) electrons. The van der Waals surface area contributed by atoms with E-state index in [0.717, 1.165) is 16.7 Å². The first-order valence-electron chi connectivity index (χ1n) is 10.8. The maximum atomic E-state index is 12.6. The summed E-state index contributed by atoms with van der Waals surface area (Å²) in [6.07, 6.45) is 3.06. The largest absolute Gasteiger partial charge is 0.496 e. The number of sulfonamides is 1. The number of nitrogens with two attached hydrogens (primary N) is 1. The molecule has 4 aromatic rings. The molecule has 4 rings (SSSR count). The van der Waals surface area contributed by atoms with Gasteiger partial charge in [0, 0.05) is 34.5 Å². The predicted molar refractivity (Wildman–Crippen MR) is 136 cm³/mol. The zero-order valence-electron chi connectivity index (χ0n) is 19.8. The Morgan fingerprint density at radius 2 is 1.71 bits per heavy atom. The fraction of sp³-hybridized carbons (Fsp3) is 0.240. The first-order chi connectivity index (χ1) is 16.4. The van der Waals surface area contributed by atoms with Gasteiger partial charge in [0.25, 0.3) is 5.56 Å². The van der Waals surface area contributed by atoms with Crippen molar-refractivity contribution in [3.8, 4) is 28.0 Å². The van der Waals surface area contributed by atoms with Crippen LogP contribution in [0.4, 0.5) is 0 Å². The molecule has 0 saturated heterocycles. The average Bonchev–Trinajstić information content (AvgIpc) is 2.76. The van der Waals surface area contributed by atoms with Crippen LogP contribution in [0.1, 0.15) is 31.9 Å². The molecule has 10 heteroatoms. The van der Waals surface area contributed by atoms with Gasteiger partial charge in [-0.1, -0.05) is 45.0 Å². The number of pyridine rings is 1. The van der Waals surface area contributed by atoms with E-state index in [0.29, 0.717) is 27.8 Å². The molecule has 0 saturated carbocycles. The fourth-order valence-corrected chi connectivity index (χ4v) is 4.71. The van der Waals surface area contributed by atoms with E-state index in [9.17, 15) is 18.0 Å². The second-order valence-corrected chi connectivity index (χ2v) is 11.0. The number of ether oxygens (including phenoxy) is 1. The van der Waals surface area contributed by atoms with Crippen LogP contribution >= 0.6 is 0 Å². The van der Waals surface area contributed by atoms with Gasteiger partial charge in [0.2, 0.25) is 10.0 Å². The Labute approximate surface area is 202 Å². The molecular formula is C25H26N4O5S. The number of hydrogen-bond acceptors (Lipinski definition) is 6. The molecule has 0 fully saturated rings. The van der Waals surface area contributed by atoms with E-state index in [-0.39, 0.29) is 16.7 Å². The number of methoxy groups -OCH3 is 1. The Kier molecular flexibility index (Phi) is 6.12. The molecule has 0 aliphatic carbocycles. The molecule has 0 amide bonds. The fourth-order valence-electron chi connectivity index (χ4n) is 4.05. The normalized spacial score (nSPS) is 12.1. The molecule has 2 heterocycles. The summed E-state index contributed by atoms with van der Waals surface area (Å²) in [6, 6.07) is 10.8. The number of H-pyrrole nitrogens is 2. The lowest BCUT2D eigenvalue weighted by molar-refractivity contribution is 0.402. The maximum Gasteiger partial charge on any atom is 0.325 e. The van der Waals surface area contributed by atoms with Crippen LogP contribution < -0.4 is 21.1 Å². The van der Waals surface area contributed by atoms with Crippen molar-refractivity contribution in [2.24, 2.45) is 5.14 Å². The Morgan fingerprint density at radius 1 is 1.03 bits per heavy atom. The summed E-state index contributed by atoms with van der Waals surface area (Å²) >= 11 is 0. The van der Waals surface area contributed by atoms with Crippen LogP contribution in [0.5, 0.6) is 5.75 Å². The quantitative estimate of drug-likeness (QED) is 0.388. The Hall–Kier alpha value is -3.76. The van der Waals surface area contributed by atoms with Crippen LogP contribution in [-0.4, -0.2) is 30.5 Å². The van der Waals surface area contributed by atoms with E-state index in [1.54, 1.807) is 37.6 Å². The van der Waals surface area contributed by atoms with E-state index in [2.05, 4.69) is 15.0 Å². The van der Waals surface area contributed by atoms with Gasteiger partial charge < -0.3 is 9.72 Å². The summed E-state index contributed by atoms with van der Waals surface area (Å²) in [4.78, 5) is 33.7. The van der Waals surface area contributed by atoms with Crippen LogP contribution in [-0.2, 0) is 21.2 Å². The molecular weight excluding hydrogens is 468 g/mol. The van der Waals surface area contributed by atoms with Gasteiger partial charge in [-0.25, -0.2) is 18.4 Å². The molecule has 182 valence electrons. The number of nitrogens with zero attached hydrogens (tertiary/aromatic N) is 1. The zero-order valence-corrected chi connectivity index (χ0v) is 20.6. The number of rotatable bonds is 5. The number of primary sulfonamides is 1. The number of aromatic nitrogens is 3. The summed E-state index contributed by atoms with van der Waals surface area (Å²) < 4.78 is 28.6. The minimum Gasteiger partial charge on any atom is -0.496 e. The minimum absolute atomic E-state index is 0.247. The summed E-state index contributed by atoms with van der Waals surface area (Å²) in [5, 5.41) is 5.85. The lowest BCUT2D eigenvalue weighted by Gasteiger charge is -2.25. The lowest BCUT2D eigenvalue weighted by atomic mass is 9.83. The van der Waals surface area contributed by atoms with Crippen LogP contribution in [0, 0.1) is 0 Å². The molecule has 0 atom stereocenters. The third-order valence-electron chi connectivity index (χ3n) is 5.70. The van der Waals surface area contributed by atoms with Crippen molar-refractivity contribution in [1.82, 2.24) is 15.0 Å². The highest BCUT2D eigenvalue weighted by molar-refractivity contribution is 7.88. The highest BCUT2D eigenvalue weighted by Gasteiger charge is 2.25. The van der Waals surface area contributed by atoms with Crippen molar-refractivity contribution < 1.29 is 13.2 Å². The molecule has 0 unspecified atom stereocenters. The number of aromatic amines is 2. The van der Waals surface area contributed by atoms with Gasteiger partial charge in [0.1, 0.15) is 5.75 Å². The lowest BCUT2D eigenvalue weighted by Crippen LogP contribution is -2.23. The maximum absolute atomic E-state index is 12.6. The molecule has 4 N–H and O–H groups in total. The number of benzene rings is 2. The van der Waals surface area contributed by atoms with Crippen molar-refractivity contribution in [3.63, 3.8) is 0 Å². The molecule has 0 bridgehead atoms. The average molecular weight is 495 g/mol. The van der Waals surface area contributed by atoms with Gasteiger partial charge in [-0.3, -0.25) is 14.8 Å². The van der Waals surface area contributed by atoms with Gasteiger partial charge in [0.05, 0.1) is 23.9 Å².